The van der Waals surface area contributed by atoms with Gasteiger partial charge in [0.05, 0.1) is 0 Å². The van der Waals surface area contributed by atoms with E-state index in [0.29, 0.717) is 26.1 Å². The first-order valence-corrected chi connectivity index (χ1v) is 6.34. The molecule has 0 spiro atoms. The van der Waals surface area contributed by atoms with Crippen molar-refractivity contribution in [1.29, 1.82) is 0 Å². The second kappa shape index (κ2) is 8.13. The van der Waals surface area contributed by atoms with Crippen LogP contribution < -0.4 is 10.6 Å². The van der Waals surface area contributed by atoms with Crippen molar-refractivity contribution in [3.8, 4) is 0 Å². The number of hydrogen-bond donors (Lipinski definition) is 2. The summed E-state index contributed by atoms with van der Waals surface area (Å²) in [4.78, 5) is 21.8. The molecule has 5 heteroatoms. The molecule has 0 saturated carbocycles. The maximum Gasteiger partial charge on any atom is 0.305 e. The van der Waals surface area contributed by atoms with E-state index in [0.717, 1.165) is 11.3 Å². The van der Waals surface area contributed by atoms with Crippen LogP contribution in [-0.2, 0) is 20.9 Å². The minimum absolute atomic E-state index is 0.0511. The molecule has 5 nitrogen and oxygen atoms in total. The fourth-order valence-corrected chi connectivity index (χ4v) is 1.48. The molecule has 1 aromatic rings. The zero-order valence-corrected chi connectivity index (χ0v) is 11.4. The summed E-state index contributed by atoms with van der Waals surface area (Å²) in [6.07, 6.45) is 0.395. The topological polar surface area (TPSA) is 67.4 Å². The molecule has 0 heterocycles. The van der Waals surface area contributed by atoms with Gasteiger partial charge in [0.25, 0.3) is 0 Å². The van der Waals surface area contributed by atoms with Crippen LogP contribution in [0.15, 0.2) is 24.3 Å². The van der Waals surface area contributed by atoms with Gasteiger partial charge in [-0.05, 0) is 17.7 Å². The first-order valence-electron chi connectivity index (χ1n) is 6.34. The minimum Gasteiger partial charge on any atom is -0.464 e. The summed E-state index contributed by atoms with van der Waals surface area (Å²) in [5, 5.41) is 5.90. The highest BCUT2D eigenvalue weighted by atomic mass is 16.5. The highest BCUT2D eigenvalue weighted by Gasteiger charge is 1.99. The minimum atomic E-state index is -0.193. The Morgan fingerprint density at radius 1 is 1.32 bits per heavy atom. The lowest BCUT2D eigenvalue weighted by Gasteiger charge is -2.09. The number of anilines is 1. The van der Waals surface area contributed by atoms with E-state index in [4.69, 9.17) is 4.74 Å². The van der Waals surface area contributed by atoms with E-state index >= 15 is 0 Å². The van der Waals surface area contributed by atoms with Gasteiger partial charge in [-0.1, -0.05) is 19.1 Å². The molecule has 1 aromatic carbocycles. The predicted octanol–water partition coefficient (Wildman–Crippen LogP) is 1.69. The number of carbonyl (C=O) groups excluding carboxylic acids is 2. The van der Waals surface area contributed by atoms with Gasteiger partial charge in [-0.3, -0.25) is 9.59 Å². The molecule has 1 amide bonds. The van der Waals surface area contributed by atoms with Crippen LogP contribution in [0.25, 0.3) is 0 Å². The molecule has 0 saturated heterocycles. The molecule has 19 heavy (non-hydrogen) atoms. The summed E-state index contributed by atoms with van der Waals surface area (Å²) < 4.78 is 4.96. The van der Waals surface area contributed by atoms with Gasteiger partial charge < -0.3 is 15.4 Å². The molecular weight excluding hydrogens is 244 g/mol. The summed E-state index contributed by atoms with van der Waals surface area (Å²) in [5.41, 5.74) is 1.96. The monoisotopic (exact) mass is 264 g/mol. The van der Waals surface area contributed by atoms with Crippen molar-refractivity contribution in [1.82, 2.24) is 5.32 Å². The van der Waals surface area contributed by atoms with Crippen molar-refractivity contribution < 1.29 is 14.3 Å². The van der Waals surface area contributed by atoms with Crippen LogP contribution in [0.5, 0.6) is 0 Å². The lowest BCUT2D eigenvalue weighted by Crippen LogP contribution is -2.19. The Morgan fingerprint density at radius 2 is 2.11 bits per heavy atom. The highest BCUT2D eigenvalue weighted by Crippen LogP contribution is 2.10. The molecule has 0 fully saturated rings. The summed E-state index contributed by atoms with van der Waals surface area (Å²) >= 11 is 0. The quantitative estimate of drug-likeness (QED) is 0.581. The van der Waals surface area contributed by atoms with Gasteiger partial charge >= 0.3 is 5.97 Å². The van der Waals surface area contributed by atoms with Crippen LogP contribution in [0.4, 0.5) is 5.69 Å². The Bertz CT molecular complexity index is 432. The molecule has 1 rings (SSSR count). The predicted molar refractivity (Wildman–Crippen MR) is 73.7 cm³/mol. The van der Waals surface area contributed by atoms with Gasteiger partial charge in [0, 0.05) is 32.1 Å². The summed E-state index contributed by atoms with van der Waals surface area (Å²) in [6.45, 7) is 4.68. The fourth-order valence-electron chi connectivity index (χ4n) is 1.48. The number of amides is 1. The second-order valence-electron chi connectivity index (χ2n) is 4.11. The van der Waals surface area contributed by atoms with Crippen LogP contribution >= 0.6 is 0 Å². The highest BCUT2D eigenvalue weighted by molar-refractivity contribution is 5.72. The van der Waals surface area contributed by atoms with Crippen molar-refractivity contribution in [2.24, 2.45) is 0 Å². The zero-order chi connectivity index (χ0) is 14.1. The van der Waals surface area contributed by atoms with Crippen molar-refractivity contribution in [3.05, 3.63) is 29.8 Å². The van der Waals surface area contributed by atoms with E-state index in [1.54, 1.807) is 6.92 Å². The molecule has 2 N–H and O–H groups in total. The lowest BCUT2D eigenvalue weighted by molar-refractivity contribution is -0.142. The van der Waals surface area contributed by atoms with E-state index in [-0.39, 0.29) is 11.9 Å². The third kappa shape index (κ3) is 6.45. The van der Waals surface area contributed by atoms with Crippen molar-refractivity contribution in [3.63, 3.8) is 0 Å². The Labute approximate surface area is 113 Å². The van der Waals surface area contributed by atoms with Crippen LogP contribution in [0.1, 0.15) is 25.8 Å². The molecular formula is C14H20N2O3. The molecule has 0 atom stereocenters. The van der Waals surface area contributed by atoms with Gasteiger partial charge in [-0.25, -0.2) is 0 Å². The van der Waals surface area contributed by atoms with Gasteiger partial charge in [0.15, 0.2) is 0 Å². The second-order valence-corrected chi connectivity index (χ2v) is 4.11. The smallest absolute Gasteiger partial charge is 0.305 e. The fraction of sp³-hybridized carbons (Fsp3) is 0.429. The molecule has 0 aliphatic rings. The SMILES string of the molecule is CCC(=O)OCCNc1cccc(CNC(C)=O)c1. The van der Waals surface area contributed by atoms with Crippen LogP contribution in [-0.4, -0.2) is 25.0 Å². The average molecular weight is 264 g/mol. The van der Waals surface area contributed by atoms with Gasteiger partial charge in [0.1, 0.15) is 6.61 Å². The van der Waals surface area contributed by atoms with Gasteiger partial charge in [-0.2, -0.15) is 0 Å². The van der Waals surface area contributed by atoms with Gasteiger partial charge in [0.2, 0.25) is 5.91 Å². The average Bonchev–Trinajstić information content (AvgIpc) is 2.41. The summed E-state index contributed by atoms with van der Waals surface area (Å²) in [7, 11) is 0. The maximum absolute atomic E-state index is 10.9. The summed E-state index contributed by atoms with van der Waals surface area (Å²) in [6, 6.07) is 7.74. The molecule has 104 valence electrons. The number of benzene rings is 1. The van der Waals surface area contributed by atoms with E-state index < -0.39 is 0 Å². The van der Waals surface area contributed by atoms with Gasteiger partial charge in [-0.15, -0.1) is 0 Å². The van der Waals surface area contributed by atoms with E-state index in [1.807, 2.05) is 24.3 Å². The molecule has 0 aromatic heterocycles. The first-order chi connectivity index (χ1) is 9.11. The Morgan fingerprint density at radius 3 is 2.79 bits per heavy atom. The Hall–Kier alpha value is -2.04. The standard InChI is InChI=1S/C14H20N2O3/c1-3-14(18)19-8-7-15-13-6-4-5-12(9-13)10-16-11(2)17/h4-6,9,15H,3,7-8,10H2,1-2H3,(H,16,17). The lowest BCUT2D eigenvalue weighted by atomic mass is 10.2. The van der Waals surface area contributed by atoms with E-state index in [1.165, 1.54) is 6.92 Å². The Kier molecular flexibility index (Phi) is 6.43. The Balaban J connectivity index is 2.35. The number of ether oxygens (including phenoxy) is 1. The van der Waals surface area contributed by atoms with Crippen LogP contribution in [0, 0.1) is 0 Å². The van der Waals surface area contributed by atoms with Crippen LogP contribution in [0.2, 0.25) is 0 Å². The molecule has 0 aliphatic carbocycles. The normalized spacial score (nSPS) is 9.79. The number of hydrogen-bond acceptors (Lipinski definition) is 4. The number of nitrogens with one attached hydrogen (secondary N) is 2. The number of carbonyl (C=O) groups is 2. The molecule has 0 radical (unpaired) electrons. The third-order valence-electron chi connectivity index (χ3n) is 2.45. The van der Waals surface area contributed by atoms with Crippen molar-refractivity contribution >= 4 is 17.6 Å². The zero-order valence-electron chi connectivity index (χ0n) is 11.4. The van der Waals surface area contributed by atoms with E-state index in [2.05, 4.69) is 10.6 Å². The molecule has 0 unspecified atom stereocenters. The van der Waals surface area contributed by atoms with Crippen molar-refractivity contribution in [2.75, 3.05) is 18.5 Å². The van der Waals surface area contributed by atoms with Crippen molar-refractivity contribution in [2.45, 2.75) is 26.8 Å². The number of esters is 1. The maximum atomic E-state index is 10.9. The molecule has 0 aliphatic heterocycles. The molecule has 0 bridgehead atoms. The van der Waals surface area contributed by atoms with E-state index in [9.17, 15) is 9.59 Å². The first kappa shape index (κ1) is 15.0. The largest absolute Gasteiger partial charge is 0.464 e. The summed E-state index contributed by atoms with van der Waals surface area (Å²) in [5.74, 6) is -0.244. The third-order valence-corrected chi connectivity index (χ3v) is 2.45. The van der Waals surface area contributed by atoms with Crippen LogP contribution in [0.3, 0.4) is 0 Å². The number of rotatable bonds is 7.